The molecule has 2 atom stereocenters. The highest BCUT2D eigenvalue weighted by molar-refractivity contribution is 7.47. The smallest absolute Gasteiger partial charge is 0.462 e. The van der Waals surface area contributed by atoms with Gasteiger partial charge in [0.25, 0.3) is 0 Å². The maximum Gasteiger partial charge on any atom is 0.472 e. The summed E-state index contributed by atoms with van der Waals surface area (Å²) in [6.45, 7) is 3.76. The lowest BCUT2D eigenvalue weighted by atomic mass is 10.1. The number of allylic oxidation sites excluding steroid dienone is 4. The molecule has 0 aromatic rings. The number of hydrogen-bond acceptors (Lipinski definition) is 8. The highest BCUT2D eigenvalue weighted by Crippen LogP contribution is 2.43. The van der Waals surface area contributed by atoms with Crippen molar-refractivity contribution in [2.45, 2.75) is 251 Å². The zero-order valence-electron chi connectivity index (χ0n) is 38.5. The van der Waals surface area contributed by atoms with Crippen molar-refractivity contribution < 1.29 is 37.6 Å². The topological polar surface area (TPSA) is 134 Å². The van der Waals surface area contributed by atoms with Crippen LogP contribution in [0.3, 0.4) is 0 Å². The van der Waals surface area contributed by atoms with Crippen molar-refractivity contribution in [2.75, 3.05) is 26.4 Å². The molecule has 0 spiro atoms. The Hall–Kier alpha value is -1.51. The molecule has 0 aliphatic heterocycles. The van der Waals surface area contributed by atoms with Crippen LogP contribution in [-0.4, -0.2) is 49.3 Å². The zero-order valence-corrected chi connectivity index (χ0v) is 39.4. The third-order valence-electron chi connectivity index (χ3n) is 10.8. The number of hydrogen-bond donors (Lipinski definition) is 2. The van der Waals surface area contributed by atoms with E-state index in [1.165, 1.54) is 161 Å². The lowest BCUT2D eigenvalue weighted by molar-refractivity contribution is -0.161. The van der Waals surface area contributed by atoms with Crippen molar-refractivity contribution in [3.05, 3.63) is 24.3 Å². The molecule has 0 bridgehead atoms. The van der Waals surface area contributed by atoms with E-state index >= 15 is 0 Å². The minimum Gasteiger partial charge on any atom is -0.462 e. The molecule has 0 amide bonds. The van der Waals surface area contributed by atoms with Crippen LogP contribution in [0.1, 0.15) is 245 Å². The van der Waals surface area contributed by atoms with Gasteiger partial charge in [-0.15, -0.1) is 0 Å². The summed E-state index contributed by atoms with van der Waals surface area (Å²) in [7, 11) is -4.38. The van der Waals surface area contributed by atoms with Gasteiger partial charge in [-0.3, -0.25) is 18.6 Å². The van der Waals surface area contributed by atoms with E-state index in [0.717, 1.165) is 51.4 Å². The van der Waals surface area contributed by atoms with Gasteiger partial charge in [-0.2, -0.15) is 0 Å². The lowest BCUT2D eigenvalue weighted by Gasteiger charge is -2.19. The molecule has 0 saturated carbocycles. The summed E-state index contributed by atoms with van der Waals surface area (Å²) in [5.74, 6) is -0.829. The fourth-order valence-corrected chi connectivity index (χ4v) is 7.86. The normalized spacial score (nSPS) is 13.4. The molecule has 0 aromatic heterocycles. The van der Waals surface area contributed by atoms with E-state index in [1.54, 1.807) is 0 Å². The van der Waals surface area contributed by atoms with E-state index in [-0.39, 0.29) is 38.6 Å². The molecule has 10 heteroatoms. The van der Waals surface area contributed by atoms with Crippen molar-refractivity contribution in [3.8, 4) is 0 Å². The number of phosphoric ester groups is 1. The molecule has 0 rings (SSSR count). The van der Waals surface area contributed by atoms with Gasteiger partial charge in [-0.1, -0.05) is 192 Å². The van der Waals surface area contributed by atoms with Gasteiger partial charge >= 0.3 is 19.8 Å². The number of phosphoric acid groups is 1. The second-order valence-electron chi connectivity index (χ2n) is 16.7. The molecule has 0 saturated heterocycles. The van der Waals surface area contributed by atoms with E-state index < -0.39 is 26.5 Å². The van der Waals surface area contributed by atoms with E-state index in [2.05, 4.69) is 38.2 Å². The lowest BCUT2D eigenvalue weighted by Crippen LogP contribution is -2.29. The van der Waals surface area contributed by atoms with E-state index in [9.17, 15) is 19.0 Å². The van der Waals surface area contributed by atoms with Gasteiger partial charge < -0.3 is 20.1 Å². The van der Waals surface area contributed by atoms with E-state index in [1.807, 2.05) is 0 Å². The molecule has 348 valence electrons. The predicted octanol–water partition coefficient (Wildman–Crippen LogP) is 14.7. The van der Waals surface area contributed by atoms with Gasteiger partial charge in [0.15, 0.2) is 6.10 Å². The Bertz CT molecular complexity index is 1020. The molecule has 0 radical (unpaired) electrons. The van der Waals surface area contributed by atoms with Gasteiger partial charge in [0.2, 0.25) is 0 Å². The highest BCUT2D eigenvalue weighted by atomic mass is 31.2. The van der Waals surface area contributed by atoms with Gasteiger partial charge in [-0.05, 0) is 64.2 Å². The van der Waals surface area contributed by atoms with Crippen LogP contribution in [0, 0.1) is 0 Å². The van der Waals surface area contributed by atoms with Crippen molar-refractivity contribution in [3.63, 3.8) is 0 Å². The van der Waals surface area contributed by atoms with Crippen LogP contribution < -0.4 is 5.73 Å². The average Bonchev–Trinajstić information content (AvgIpc) is 3.22. The maximum absolute atomic E-state index is 12.6. The molecule has 9 nitrogen and oxygen atoms in total. The SMILES string of the molecule is CCCCCCCCCC/C=C\CCCCCCCCCC(=O)OC[C@H](COP(=O)(O)OCCN)OC(=O)CCCCCCCCC/C=C\CCCCCCCCCC. The summed E-state index contributed by atoms with van der Waals surface area (Å²) in [6.07, 6.45) is 50.7. The average molecular weight is 856 g/mol. The molecule has 0 fully saturated rings. The number of carbonyl (C=O) groups is 2. The van der Waals surface area contributed by atoms with Gasteiger partial charge in [-0.25, -0.2) is 4.57 Å². The first-order chi connectivity index (χ1) is 28.8. The molecule has 0 aliphatic carbocycles. The standard InChI is InChI=1S/C49H94NO8P/c1-3-5-7-9-11-13-15-17-19-21-23-25-27-29-31-33-35-37-39-41-48(51)55-45-47(46-57-59(53,54)56-44-43-50)58-49(52)42-40-38-36-34-32-30-28-26-24-22-20-18-16-14-12-10-8-6-4-2/h21-24,47H,3-20,25-46,50H2,1-2H3,(H,53,54)/b23-21-,24-22-/t47-/m1/s1. The van der Waals surface area contributed by atoms with Gasteiger partial charge in [0.1, 0.15) is 6.61 Å². The summed E-state index contributed by atoms with van der Waals surface area (Å²) in [4.78, 5) is 35.0. The molecular formula is C49H94NO8P. The fourth-order valence-electron chi connectivity index (χ4n) is 7.10. The first kappa shape index (κ1) is 57.5. The van der Waals surface area contributed by atoms with Crippen molar-refractivity contribution in [1.29, 1.82) is 0 Å². The van der Waals surface area contributed by atoms with Crippen LogP contribution in [0.4, 0.5) is 0 Å². The zero-order chi connectivity index (χ0) is 43.2. The quantitative estimate of drug-likeness (QED) is 0.0265. The van der Waals surface area contributed by atoms with Crippen molar-refractivity contribution in [1.82, 2.24) is 0 Å². The molecule has 1 unspecified atom stereocenters. The molecule has 0 aromatic carbocycles. The number of nitrogens with two attached hydrogens (primary N) is 1. The first-order valence-electron chi connectivity index (χ1n) is 24.8. The minimum absolute atomic E-state index is 0.0534. The number of esters is 2. The second-order valence-corrected chi connectivity index (χ2v) is 18.1. The molecule has 0 aliphatic rings. The summed E-state index contributed by atoms with van der Waals surface area (Å²) >= 11 is 0. The van der Waals surface area contributed by atoms with E-state index in [0.29, 0.717) is 6.42 Å². The van der Waals surface area contributed by atoms with Crippen LogP contribution in [0.25, 0.3) is 0 Å². The van der Waals surface area contributed by atoms with Crippen LogP contribution in [0.5, 0.6) is 0 Å². The monoisotopic (exact) mass is 856 g/mol. The van der Waals surface area contributed by atoms with Crippen molar-refractivity contribution in [2.24, 2.45) is 5.73 Å². The Balaban J connectivity index is 4.07. The van der Waals surface area contributed by atoms with E-state index in [4.69, 9.17) is 24.3 Å². The number of carbonyl (C=O) groups excluding carboxylic acids is 2. The number of rotatable bonds is 47. The summed E-state index contributed by atoms with van der Waals surface area (Å²) < 4.78 is 32.9. The first-order valence-corrected chi connectivity index (χ1v) is 26.3. The number of ether oxygens (including phenoxy) is 2. The summed E-state index contributed by atoms with van der Waals surface area (Å²) in [5, 5.41) is 0. The Morgan fingerprint density at radius 3 is 1.20 bits per heavy atom. The van der Waals surface area contributed by atoms with Crippen LogP contribution in [0.15, 0.2) is 24.3 Å². The molecule has 59 heavy (non-hydrogen) atoms. The Kier molecular flexibility index (Phi) is 44.8. The third-order valence-corrected chi connectivity index (χ3v) is 11.8. The van der Waals surface area contributed by atoms with Crippen LogP contribution in [0.2, 0.25) is 0 Å². The Morgan fingerprint density at radius 2 is 0.831 bits per heavy atom. The predicted molar refractivity (Wildman–Crippen MR) is 247 cm³/mol. The largest absolute Gasteiger partial charge is 0.472 e. The third kappa shape index (κ3) is 45.8. The fraction of sp³-hybridized carbons (Fsp3) is 0.878. The van der Waals surface area contributed by atoms with Crippen molar-refractivity contribution >= 4 is 19.8 Å². The molecular weight excluding hydrogens is 762 g/mol. The van der Waals surface area contributed by atoms with Crippen LogP contribution >= 0.6 is 7.82 Å². The van der Waals surface area contributed by atoms with Crippen LogP contribution in [-0.2, 0) is 32.7 Å². The molecule has 0 heterocycles. The van der Waals surface area contributed by atoms with Gasteiger partial charge in [0.05, 0.1) is 13.2 Å². The summed E-state index contributed by atoms with van der Waals surface area (Å²) in [6, 6.07) is 0. The Morgan fingerprint density at radius 1 is 0.492 bits per heavy atom. The maximum atomic E-state index is 12.6. The minimum atomic E-state index is -4.38. The highest BCUT2D eigenvalue weighted by Gasteiger charge is 2.26. The Labute approximate surface area is 363 Å². The molecule has 3 N–H and O–H groups in total. The summed E-state index contributed by atoms with van der Waals surface area (Å²) in [5.41, 5.74) is 5.36. The number of unbranched alkanes of at least 4 members (excludes halogenated alkanes) is 30. The second kappa shape index (κ2) is 46.0. The van der Waals surface area contributed by atoms with Gasteiger partial charge in [0, 0.05) is 19.4 Å².